The van der Waals surface area contributed by atoms with Crippen molar-refractivity contribution in [2.75, 3.05) is 11.9 Å². The Morgan fingerprint density at radius 2 is 1.67 bits per heavy atom. The standard InChI is InChI=1S/C25H19Cl3N2O3/c1-2-32-20-9-7-19(8-10-20)30-25(31)18(14-29)11-16-12-22(27)24(23(28)13-16)33-15-17-5-3-4-6-21(17)26/h3-13H,2,15H2,1H3,(H,30,31)/b18-11-. The lowest BCUT2D eigenvalue weighted by Gasteiger charge is -2.12. The van der Waals surface area contributed by atoms with Crippen molar-refractivity contribution in [2.45, 2.75) is 13.5 Å². The van der Waals surface area contributed by atoms with Gasteiger partial charge >= 0.3 is 0 Å². The van der Waals surface area contributed by atoms with E-state index in [0.29, 0.717) is 28.6 Å². The molecule has 3 rings (SSSR count). The smallest absolute Gasteiger partial charge is 0.266 e. The Balaban J connectivity index is 1.74. The van der Waals surface area contributed by atoms with E-state index < -0.39 is 5.91 Å². The molecule has 0 fully saturated rings. The zero-order valence-electron chi connectivity index (χ0n) is 17.6. The van der Waals surface area contributed by atoms with Crippen LogP contribution < -0.4 is 14.8 Å². The summed E-state index contributed by atoms with van der Waals surface area (Å²) >= 11 is 18.8. The van der Waals surface area contributed by atoms with E-state index in [1.165, 1.54) is 6.08 Å². The molecule has 168 valence electrons. The van der Waals surface area contributed by atoms with Crippen LogP contribution in [0, 0.1) is 11.3 Å². The summed E-state index contributed by atoms with van der Waals surface area (Å²) < 4.78 is 11.1. The molecule has 3 aromatic carbocycles. The van der Waals surface area contributed by atoms with Gasteiger partial charge in [0, 0.05) is 16.3 Å². The van der Waals surface area contributed by atoms with Crippen molar-refractivity contribution in [1.82, 2.24) is 0 Å². The molecular weight excluding hydrogens is 483 g/mol. The zero-order valence-corrected chi connectivity index (χ0v) is 19.8. The lowest BCUT2D eigenvalue weighted by molar-refractivity contribution is -0.112. The maximum absolute atomic E-state index is 12.6. The first-order valence-electron chi connectivity index (χ1n) is 9.92. The van der Waals surface area contributed by atoms with Crippen molar-refractivity contribution in [3.63, 3.8) is 0 Å². The van der Waals surface area contributed by atoms with E-state index in [2.05, 4.69) is 5.32 Å². The largest absolute Gasteiger partial charge is 0.494 e. The van der Waals surface area contributed by atoms with E-state index in [0.717, 1.165) is 5.56 Å². The van der Waals surface area contributed by atoms with Crippen LogP contribution in [0.5, 0.6) is 11.5 Å². The van der Waals surface area contributed by atoms with Gasteiger partial charge in [0.15, 0.2) is 5.75 Å². The van der Waals surface area contributed by atoms with Crippen molar-refractivity contribution in [3.05, 3.63) is 92.4 Å². The Morgan fingerprint density at radius 1 is 1.00 bits per heavy atom. The highest BCUT2D eigenvalue weighted by atomic mass is 35.5. The van der Waals surface area contributed by atoms with Crippen molar-refractivity contribution < 1.29 is 14.3 Å². The second-order valence-corrected chi connectivity index (χ2v) is 8.00. The maximum atomic E-state index is 12.6. The number of anilines is 1. The number of nitrogens with zero attached hydrogens (tertiary/aromatic N) is 1. The normalized spacial score (nSPS) is 10.9. The second-order valence-electron chi connectivity index (χ2n) is 6.78. The summed E-state index contributed by atoms with van der Waals surface area (Å²) in [6.45, 7) is 2.61. The van der Waals surface area contributed by atoms with Crippen molar-refractivity contribution in [2.24, 2.45) is 0 Å². The number of amides is 1. The Labute approximate surface area is 207 Å². The molecule has 3 aromatic rings. The summed E-state index contributed by atoms with van der Waals surface area (Å²) in [4.78, 5) is 12.6. The van der Waals surface area contributed by atoms with Gasteiger partial charge in [-0.2, -0.15) is 5.26 Å². The fraction of sp³-hybridized carbons (Fsp3) is 0.120. The second kappa shape index (κ2) is 11.6. The molecule has 0 heterocycles. The molecule has 0 atom stereocenters. The highest BCUT2D eigenvalue weighted by Gasteiger charge is 2.14. The van der Waals surface area contributed by atoms with Crippen LogP contribution in [0.15, 0.2) is 66.2 Å². The quantitative estimate of drug-likeness (QED) is 0.262. The molecule has 0 aliphatic carbocycles. The van der Waals surface area contributed by atoms with E-state index in [9.17, 15) is 10.1 Å². The molecule has 0 spiro atoms. The SMILES string of the molecule is CCOc1ccc(NC(=O)/C(C#N)=C\c2cc(Cl)c(OCc3ccccc3Cl)c(Cl)c2)cc1. The summed E-state index contributed by atoms with van der Waals surface area (Å²) in [5.74, 6) is 0.411. The van der Waals surface area contributed by atoms with Gasteiger partial charge in [-0.05, 0) is 61.0 Å². The van der Waals surface area contributed by atoms with Crippen LogP contribution in [-0.2, 0) is 11.4 Å². The van der Waals surface area contributed by atoms with Crippen LogP contribution in [0.3, 0.4) is 0 Å². The number of ether oxygens (including phenoxy) is 2. The first-order valence-corrected chi connectivity index (χ1v) is 11.1. The van der Waals surface area contributed by atoms with Gasteiger partial charge in [0.05, 0.1) is 16.7 Å². The van der Waals surface area contributed by atoms with Gasteiger partial charge in [0.25, 0.3) is 5.91 Å². The summed E-state index contributed by atoms with van der Waals surface area (Å²) in [6.07, 6.45) is 1.40. The van der Waals surface area contributed by atoms with Gasteiger partial charge in [-0.3, -0.25) is 4.79 Å². The van der Waals surface area contributed by atoms with E-state index in [1.54, 1.807) is 42.5 Å². The molecule has 1 N–H and O–H groups in total. The minimum absolute atomic E-state index is 0.110. The van der Waals surface area contributed by atoms with Crippen LogP contribution >= 0.6 is 34.8 Å². The molecule has 0 aromatic heterocycles. The van der Waals surface area contributed by atoms with Crippen LogP contribution in [0.25, 0.3) is 6.08 Å². The van der Waals surface area contributed by atoms with E-state index in [1.807, 2.05) is 31.2 Å². The molecule has 0 aliphatic rings. The Hall–Kier alpha value is -3.17. The highest BCUT2D eigenvalue weighted by Crippen LogP contribution is 2.36. The minimum atomic E-state index is -0.562. The molecule has 0 unspecified atom stereocenters. The van der Waals surface area contributed by atoms with Crippen molar-refractivity contribution >= 4 is 52.5 Å². The number of nitrogens with one attached hydrogen (secondary N) is 1. The Bertz CT molecular complexity index is 1200. The first-order chi connectivity index (χ1) is 15.9. The number of benzene rings is 3. The molecule has 5 nitrogen and oxygen atoms in total. The summed E-state index contributed by atoms with van der Waals surface area (Å²) in [7, 11) is 0. The molecule has 0 saturated carbocycles. The molecule has 33 heavy (non-hydrogen) atoms. The number of carbonyl (C=O) groups excluding carboxylic acids is 1. The third kappa shape index (κ3) is 6.66. The van der Waals surface area contributed by atoms with Gasteiger partial charge in [-0.25, -0.2) is 0 Å². The van der Waals surface area contributed by atoms with Gasteiger partial charge in [0.2, 0.25) is 0 Å². The van der Waals surface area contributed by atoms with E-state index in [4.69, 9.17) is 44.3 Å². The fourth-order valence-electron chi connectivity index (χ4n) is 2.88. The molecule has 0 aliphatic heterocycles. The van der Waals surface area contributed by atoms with Gasteiger partial charge in [0.1, 0.15) is 24.0 Å². The summed E-state index contributed by atoms with van der Waals surface area (Å²) in [5, 5.41) is 13.2. The molecule has 1 amide bonds. The topological polar surface area (TPSA) is 71.3 Å². The molecular formula is C25H19Cl3N2O3. The van der Waals surface area contributed by atoms with Gasteiger partial charge < -0.3 is 14.8 Å². The predicted octanol–water partition coefficient (Wildman–Crippen LogP) is 7.17. The highest BCUT2D eigenvalue weighted by molar-refractivity contribution is 6.37. The summed E-state index contributed by atoms with van der Waals surface area (Å²) in [6, 6.07) is 19.2. The van der Waals surface area contributed by atoms with Crippen LogP contribution in [0.1, 0.15) is 18.1 Å². The van der Waals surface area contributed by atoms with Crippen LogP contribution in [-0.4, -0.2) is 12.5 Å². The number of nitriles is 1. The third-order valence-electron chi connectivity index (χ3n) is 4.45. The number of halogens is 3. The fourth-order valence-corrected chi connectivity index (χ4v) is 3.68. The lowest BCUT2D eigenvalue weighted by Crippen LogP contribution is -2.13. The number of carbonyl (C=O) groups is 1. The maximum Gasteiger partial charge on any atom is 0.266 e. The average Bonchev–Trinajstić information content (AvgIpc) is 2.79. The Morgan fingerprint density at radius 3 is 2.27 bits per heavy atom. The third-order valence-corrected chi connectivity index (χ3v) is 5.38. The van der Waals surface area contributed by atoms with Gasteiger partial charge in [-0.15, -0.1) is 0 Å². The molecule has 8 heteroatoms. The molecule has 0 bridgehead atoms. The van der Waals surface area contributed by atoms with Crippen LogP contribution in [0.2, 0.25) is 15.1 Å². The zero-order chi connectivity index (χ0) is 23.8. The molecule has 0 saturated heterocycles. The monoisotopic (exact) mass is 500 g/mol. The minimum Gasteiger partial charge on any atom is -0.494 e. The van der Waals surface area contributed by atoms with Crippen molar-refractivity contribution in [1.29, 1.82) is 5.26 Å². The predicted molar refractivity (Wildman–Crippen MR) is 132 cm³/mol. The number of hydrogen-bond donors (Lipinski definition) is 1. The van der Waals surface area contributed by atoms with E-state index >= 15 is 0 Å². The summed E-state index contributed by atoms with van der Waals surface area (Å²) in [5.41, 5.74) is 1.69. The number of rotatable bonds is 8. The van der Waals surface area contributed by atoms with Crippen LogP contribution in [0.4, 0.5) is 5.69 Å². The lowest BCUT2D eigenvalue weighted by atomic mass is 10.1. The number of hydrogen-bond acceptors (Lipinski definition) is 4. The first kappa shape index (κ1) is 24.5. The van der Waals surface area contributed by atoms with Crippen molar-refractivity contribution in [3.8, 4) is 17.6 Å². The Kier molecular flexibility index (Phi) is 8.62. The average molecular weight is 502 g/mol. The molecule has 0 radical (unpaired) electrons. The van der Waals surface area contributed by atoms with Gasteiger partial charge in [-0.1, -0.05) is 53.0 Å². The van der Waals surface area contributed by atoms with E-state index in [-0.39, 0.29) is 28.0 Å².